The number of benzene rings is 1. The number of carbonyl (C=O) groups is 3. The number of halogens is 1. The molecule has 3 N–H and O–H groups in total. The summed E-state index contributed by atoms with van der Waals surface area (Å²) < 4.78 is 64.7. The molecule has 0 amide bonds. The first-order chi connectivity index (χ1) is 21.3. The number of nitrogens with zero attached hydrogens (tertiary/aromatic N) is 2. The molecule has 1 aliphatic rings. The Bertz CT molecular complexity index is 1570. The monoisotopic (exact) mass is 650 g/mol. The van der Waals surface area contributed by atoms with Crippen LogP contribution in [0.15, 0.2) is 54.7 Å². The van der Waals surface area contributed by atoms with E-state index in [1.165, 1.54) is 29.8 Å². The molecule has 2 aromatic heterocycles. The molecule has 244 valence electrons. The molecule has 45 heavy (non-hydrogen) atoms. The van der Waals surface area contributed by atoms with Gasteiger partial charge < -0.3 is 29.2 Å². The first-order valence-electron chi connectivity index (χ1n) is 14.1. The molecule has 0 spiro atoms. The Morgan fingerprint density at radius 3 is 2.40 bits per heavy atom. The van der Waals surface area contributed by atoms with Crippen molar-refractivity contribution in [1.29, 1.82) is 0 Å². The summed E-state index contributed by atoms with van der Waals surface area (Å²) in [5, 5.41) is 6.80. The van der Waals surface area contributed by atoms with Gasteiger partial charge in [-0.05, 0) is 51.1 Å². The Kier molecular flexibility index (Phi) is 10.5. The van der Waals surface area contributed by atoms with E-state index in [2.05, 4.69) is 10.2 Å². The average molecular weight is 651 g/mol. The molecule has 1 aliphatic heterocycles. The van der Waals surface area contributed by atoms with Gasteiger partial charge in [0.15, 0.2) is 17.8 Å². The number of nitrogens with two attached hydrogens (primary N) is 1. The molecule has 0 aliphatic carbocycles. The predicted molar refractivity (Wildman–Crippen MR) is 158 cm³/mol. The number of anilines is 1. The van der Waals surface area contributed by atoms with Gasteiger partial charge in [0.25, 0.3) is 0 Å². The summed E-state index contributed by atoms with van der Waals surface area (Å²) in [6.07, 6.45) is -3.26. The molecule has 1 saturated heterocycles. The summed E-state index contributed by atoms with van der Waals surface area (Å²) in [6.45, 7) is 4.69. The lowest BCUT2D eigenvalue weighted by atomic mass is 9.95. The number of para-hydroxylation sites is 1. The van der Waals surface area contributed by atoms with Gasteiger partial charge in [-0.3, -0.25) is 18.9 Å². The van der Waals surface area contributed by atoms with Gasteiger partial charge in [0.2, 0.25) is 0 Å². The van der Waals surface area contributed by atoms with E-state index in [0.717, 1.165) is 13.8 Å². The Labute approximate surface area is 258 Å². The second kappa shape index (κ2) is 13.9. The number of rotatable bonds is 13. The fourth-order valence-corrected chi connectivity index (χ4v) is 6.35. The van der Waals surface area contributed by atoms with Crippen molar-refractivity contribution in [3.63, 3.8) is 0 Å². The minimum atomic E-state index is -4.52. The van der Waals surface area contributed by atoms with Gasteiger partial charge in [-0.2, -0.15) is 10.2 Å². The molecule has 14 nitrogen and oxygen atoms in total. The van der Waals surface area contributed by atoms with Gasteiger partial charge in [-0.25, -0.2) is 13.5 Å². The number of aromatic nitrogens is 2. The van der Waals surface area contributed by atoms with Crippen molar-refractivity contribution in [3.8, 4) is 5.75 Å². The van der Waals surface area contributed by atoms with Crippen molar-refractivity contribution in [2.24, 2.45) is 0 Å². The molecule has 1 aromatic carbocycles. The highest BCUT2D eigenvalue weighted by Crippen LogP contribution is 2.50. The summed E-state index contributed by atoms with van der Waals surface area (Å²) in [5.74, 6) is -2.25. The molecule has 0 bridgehead atoms. The van der Waals surface area contributed by atoms with Crippen LogP contribution in [0.5, 0.6) is 5.75 Å². The van der Waals surface area contributed by atoms with Crippen LogP contribution in [-0.2, 0) is 42.4 Å². The molecule has 3 heterocycles. The van der Waals surface area contributed by atoms with Crippen molar-refractivity contribution in [3.05, 3.63) is 60.4 Å². The molecule has 0 saturated carbocycles. The fraction of sp³-hybridized carbons (Fsp3) is 0.448. The van der Waals surface area contributed by atoms with E-state index in [1.807, 2.05) is 0 Å². The van der Waals surface area contributed by atoms with E-state index < -0.39 is 75.0 Å². The van der Waals surface area contributed by atoms with Crippen LogP contribution in [0.4, 0.5) is 10.1 Å². The number of nitrogens with one attached hydrogen (secondary N) is 1. The number of alkyl halides is 1. The quantitative estimate of drug-likeness (QED) is 0.156. The number of hydrogen-bond donors (Lipinski definition) is 2. The standard InChI is InChI=1S/C29H36FN4O10P/c1-17(2)40-28(37)18(3)33-45(38,44-21-9-7-6-8-10-21)39-16-29(15-30)27(42-20(5)36)26(41-19(4)35)25(43-29)24-12-11-23-22(31)13-14-32-34(23)24/h6-14,17-18,25-27H,15-16,31H2,1-5H3,(H,33,38)/t18-,25-,26-,27-,29+,45-/m0/s1. The number of nitrogen functional groups attached to an aromatic ring is 1. The number of fused-ring (bicyclic) bond motifs is 1. The maximum Gasteiger partial charge on any atom is 0.459 e. The molecule has 4 rings (SSSR count). The van der Waals surface area contributed by atoms with Crippen LogP contribution in [0.25, 0.3) is 5.52 Å². The Hall–Kier alpha value is -4.04. The average Bonchev–Trinajstić information content (AvgIpc) is 3.52. The van der Waals surface area contributed by atoms with Crippen molar-refractivity contribution in [1.82, 2.24) is 14.7 Å². The van der Waals surface area contributed by atoms with Crippen LogP contribution < -0.4 is 15.3 Å². The minimum absolute atomic E-state index is 0.106. The lowest BCUT2D eigenvalue weighted by molar-refractivity contribution is -0.172. The van der Waals surface area contributed by atoms with Gasteiger partial charge in [-0.15, -0.1) is 0 Å². The zero-order chi connectivity index (χ0) is 32.9. The van der Waals surface area contributed by atoms with Crippen molar-refractivity contribution in [2.75, 3.05) is 19.0 Å². The summed E-state index contributed by atoms with van der Waals surface area (Å²) in [7, 11) is -4.52. The summed E-state index contributed by atoms with van der Waals surface area (Å²) in [6, 6.07) is 11.5. The van der Waals surface area contributed by atoms with E-state index in [4.69, 9.17) is 33.7 Å². The molecule has 6 atom stereocenters. The lowest BCUT2D eigenvalue weighted by Crippen LogP contribution is -2.52. The zero-order valence-corrected chi connectivity index (χ0v) is 26.3. The van der Waals surface area contributed by atoms with E-state index in [1.54, 1.807) is 50.2 Å². The van der Waals surface area contributed by atoms with E-state index in [9.17, 15) is 18.9 Å². The highest BCUT2D eigenvalue weighted by atomic mass is 31.2. The number of carbonyl (C=O) groups excluding carboxylic acids is 3. The first-order valence-corrected chi connectivity index (χ1v) is 15.6. The lowest BCUT2D eigenvalue weighted by Gasteiger charge is -2.33. The molecule has 1 fully saturated rings. The third kappa shape index (κ3) is 7.79. The summed E-state index contributed by atoms with van der Waals surface area (Å²) in [4.78, 5) is 37.1. The smallest absolute Gasteiger partial charge is 0.459 e. The Morgan fingerprint density at radius 2 is 1.78 bits per heavy atom. The van der Waals surface area contributed by atoms with Gasteiger partial charge in [0.1, 0.15) is 24.6 Å². The molecule has 0 radical (unpaired) electrons. The number of esters is 3. The molecule has 16 heteroatoms. The molecule has 3 aromatic rings. The number of ether oxygens (including phenoxy) is 4. The van der Waals surface area contributed by atoms with E-state index >= 15 is 4.39 Å². The normalized spacial score (nSPS) is 23.3. The van der Waals surface area contributed by atoms with Crippen molar-refractivity contribution < 1.29 is 51.3 Å². The van der Waals surface area contributed by atoms with E-state index in [-0.39, 0.29) is 5.75 Å². The SMILES string of the molecule is CC(=O)O[C@H]1[C@H](c2ccc3c(N)ccnn23)O[C@](CF)(CO[P@@](=O)(N[C@@H](C)C(=O)OC(C)C)Oc2ccccc2)[C@H]1OC(C)=O. The minimum Gasteiger partial charge on any atom is -0.462 e. The maximum absolute atomic E-state index is 15.3. The van der Waals surface area contributed by atoms with Gasteiger partial charge in [-0.1, -0.05) is 18.2 Å². The van der Waals surface area contributed by atoms with Crippen LogP contribution in [0, 0.1) is 0 Å². The van der Waals surface area contributed by atoms with Crippen LogP contribution in [0.1, 0.15) is 46.4 Å². The highest BCUT2D eigenvalue weighted by molar-refractivity contribution is 7.52. The van der Waals surface area contributed by atoms with Crippen LogP contribution >= 0.6 is 7.75 Å². The van der Waals surface area contributed by atoms with E-state index in [0.29, 0.717) is 16.9 Å². The third-order valence-electron chi connectivity index (χ3n) is 6.71. The van der Waals surface area contributed by atoms with Crippen molar-refractivity contribution in [2.45, 2.75) is 70.7 Å². The fourth-order valence-electron chi connectivity index (χ4n) is 4.81. The summed E-state index contributed by atoms with van der Waals surface area (Å²) >= 11 is 0. The second-order valence-corrected chi connectivity index (χ2v) is 12.4. The molecule has 0 unspecified atom stereocenters. The van der Waals surface area contributed by atoms with Gasteiger partial charge >= 0.3 is 25.7 Å². The largest absolute Gasteiger partial charge is 0.462 e. The van der Waals surface area contributed by atoms with Crippen LogP contribution in [0.3, 0.4) is 0 Å². The zero-order valence-electron chi connectivity index (χ0n) is 25.4. The first kappa shape index (κ1) is 33.8. The Morgan fingerprint density at radius 1 is 1.09 bits per heavy atom. The van der Waals surface area contributed by atoms with Crippen LogP contribution in [-0.4, -0.2) is 70.8 Å². The molecular formula is C29H36FN4O10P. The van der Waals surface area contributed by atoms with Crippen molar-refractivity contribution >= 4 is 36.9 Å². The number of hydrogen-bond acceptors (Lipinski definition) is 12. The highest BCUT2D eigenvalue weighted by Gasteiger charge is 2.61. The third-order valence-corrected chi connectivity index (χ3v) is 8.33. The topological polar surface area (TPSA) is 179 Å². The summed E-state index contributed by atoms with van der Waals surface area (Å²) in [5.41, 5.74) is 5.06. The van der Waals surface area contributed by atoms with Gasteiger partial charge in [0.05, 0.1) is 29.6 Å². The predicted octanol–water partition coefficient (Wildman–Crippen LogP) is 3.69. The Balaban J connectivity index is 1.73. The maximum atomic E-state index is 15.3. The van der Waals surface area contributed by atoms with Gasteiger partial charge in [0, 0.05) is 20.0 Å². The second-order valence-electron chi connectivity index (χ2n) is 10.7. The molecular weight excluding hydrogens is 614 g/mol. The van der Waals surface area contributed by atoms with Crippen LogP contribution in [0.2, 0.25) is 0 Å².